The molecule has 0 spiro atoms. The molecule has 19 heavy (non-hydrogen) atoms. The summed E-state index contributed by atoms with van der Waals surface area (Å²) in [5.74, 6) is -0.0659. The maximum Gasteiger partial charge on any atom is 0.251 e. The minimum Gasteiger partial charge on any atom is -0.381 e. The lowest BCUT2D eigenvalue weighted by Crippen LogP contribution is -2.17. The molecule has 98 valence electrons. The lowest BCUT2D eigenvalue weighted by Gasteiger charge is -2.11. The topological polar surface area (TPSA) is 54.0 Å². The summed E-state index contributed by atoms with van der Waals surface area (Å²) in [6.45, 7) is 2.73. The van der Waals surface area contributed by atoms with Crippen molar-refractivity contribution < 1.29 is 4.79 Å². The Morgan fingerprint density at radius 1 is 1.21 bits per heavy atom. The van der Waals surface area contributed by atoms with Gasteiger partial charge in [0.05, 0.1) is 0 Å². The van der Waals surface area contributed by atoms with Crippen LogP contribution < -0.4 is 10.6 Å². The Hall–Kier alpha value is -2.36. The van der Waals surface area contributed by atoms with E-state index in [2.05, 4.69) is 15.6 Å². The summed E-state index contributed by atoms with van der Waals surface area (Å²) < 4.78 is 0. The molecule has 0 saturated heterocycles. The average Bonchev–Trinajstić information content (AvgIpc) is 2.46. The molecule has 1 aromatic carbocycles. The van der Waals surface area contributed by atoms with Gasteiger partial charge in [-0.2, -0.15) is 0 Å². The van der Waals surface area contributed by atoms with Crippen molar-refractivity contribution in [2.24, 2.45) is 0 Å². The molecule has 0 aliphatic carbocycles. The molecule has 4 nitrogen and oxygen atoms in total. The van der Waals surface area contributed by atoms with E-state index in [1.54, 1.807) is 19.4 Å². The van der Waals surface area contributed by atoms with E-state index in [0.29, 0.717) is 5.56 Å². The van der Waals surface area contributed by atoms with Crippen molar-refractivity contribution in [3.8, 4) is 0 Å². The number of hydrogen-bond donors (Lipinski definition) is 2. The first-order valence-corrected chi connectivity index (χ1v) is 6.16. The maximum atomic E-state index is 11.5. The molecular weight excluding hydrogens is 238 g/mol. The number of rotatable bonds is 4. The zero-order valence-electron chi connectivity index (χ0n) is 11.1. The third kappa shape index (κ3) is 3.31. The second kappa shape index (κ2) is 6.00. The number of benzene rings is 1. The molecule has 0 bridgehead atoms. The summed E-state index contributed by atoms with van der Waals surface area (Å²) in [4.78, 5) is 15.5. The molecule has 1 aromatic heterocycles. The monoisotopic (exact) mass is 255 g/mol. The average molecular weight is 255 g/mol. The molecule has 1 amide bonds. The van der Waals surface area contributed by atoms with Crippen LogP contribution in [0.5, 0.6) is 0 Å². The fourth-order valence-corrected chi connectivity index (χ4v) is 1.85. The molecule has 2 N–H and O–H groups in total. The molecule has 0 atom stereocenters. The van der Waals surface area contributed by atoms with Gasteiger partial charge in [0.2, 0.25) is 0 Å². The van der Waals surface area contributed by atoms with Gasteiger partial charge < -0.3 is 10.6 Å². The lowest BCUT2D eigenvalue weighted by molar-refractivity contribution is 0.0963. The second-order valence-corrected chi connectivity index (χ2v) is 4.32. The van der Waals surface area contributed by atoms with Crippen molar-refractivity contribution in [3.05, 3.63) is 59.4 Å². The molecule has 0 unspecified atom stereocenters. The smallest absolute Gasteiger partial charge is 0.251 e. The van der Waals surface area contributed by atoms with E-state index in [9.17, 15) is 4.79 Å². The number of nitrogens with zero attached hydrogens (tertiary/aromatic N) is 1. The minimum absolute atomic E-state index is 0.0659. The van der Waals surface area contributed by atoms with Gasteiger partial charge in [-0.1, -0.05) is 0 Å². The van der Waals surface area contributed by atoms with Gasteiger partial charge in [-0.25, -0.2) is 0 Å². The third-order valence-corrected chi connectivity index (χ3v) is 2.95. The second-order valence-electron chi connectivity index (χ2n) is 4.32. The minimum atomic E-state index is -0.0659. The van der Waals surface area contributed by atoms with Gasteiger partial charge in [0.1, 0.15) is 0 Å². The summed E-state index contributed by atoms with van der Waals surface area (Å²) in [7, 11) is 1.63. The Morgan fingerprint density at radius 3 is 2.58 bits per heavy atom. The van der Waals surface area contributed by atoms with E-state index < -0.39 is 0 Å². The van der Waals surface area contributed by atoms with Crippen LogP contribution in [-0.2, 0) is 6.54 Å². The molecule has 2 aromatic rings. The van der Waals surface area contributed by atoms with Gasteiger partial charge in [-0.3, -0.25) is 9.78 Å². The number of aryl methyl sites for hydroxylation is 1. The lowest BCUT2D eigenvalue weighted by atomic mass is 10.1. The number of pyridine rings is 1. The standard InChI is InChI=1S/C15H17N3O/c1-11-9-13(15(19)16-2)3-4-14(11)18-10-12-5-7-17-8-6-12/h3-9,18H,10H2,1-2H3,(H,16,19). The van der Waals surface area contributed by atoms with Gasteiger partial charge in [-0.15, -0.1) is 0 Å². The Bertz CT molecular complexity index is 567. The Kier molecular flexibility index (Phi) is 4.13. The quantitative estimate of drug-likeness (QED) is 0.881. The van der Waals surface area contributed by atoms with Crippen LogP contribution in [0.25, 0.3) is 0 Å². The summed E-state index contributed by atoms with van der Waals surface area (Å²) in [6.07, 6.45) is 3.55. The highest BCUT2D eigenvalue weighted by molar-refractivity contribution is 5.94. The predicted octanol–water partition coefficient (Wildman–Crippen LogP) is 2.36. The van der Waals surface area contributed by atoms with E-state index in [1.165, 1.54) is 5.56 Å². The third-order valence-electron chi connectivity index (χ3n) is 2.95. The highest BCUT2D eigenvalue weighted by atomic mass is 16.1. The van der Waals surface area contributed by atoms with Crippen LogP contribution in [0.2, 0.25) is 0 Å². The van der Waals surface area contributed by atoms with Crippen molar-refractivity contribution in [2.75, 3.05) is 12.4 Å². The van der Waals surface area contributed by atoms with Crippen molar-refractivity contribution >= 4 is 11.6 Å². The molecule has 0 aliphatic heterocycles. The van der Waals surface area contributed by atoms with Gasteiger partial charge in [0.15, 0.2) is 0 Å². The van der Waals surface area contributed by atoms with Crippen molar-refractivity contribution in [2.45, 2.75) is 13.5 Å². The van der Waals surface area contributed by atoms with Crippen molar-refractivity contribution in [3.63, 3.8) is 0 Å². The first-order chi connectivity index (χ1) is 9.20. The predicted molar refractivity (Wildman–Crippen MR) is 76.1 cm³/mol. The molecule has 2 rings (SSSR count). The Balaban J connectivity index is 2.07. The number of carbonyl (C=O) groups is 1. The Morgan fingerprint density at radius 2 is 1.95 bits per heavy atom. The number of hydrogen-bond acceptors (Lipinski definition) is 3. The summed E-state index contributed by atoms with van der Waals surface area (Å²) >= 11 is 0. The Labute approximate surface area is 112 Å². The molecular formula is C15H17N3O. The maximum absolute atomic E-state index is 11.5. The van der Waals surface area contributed by atoms with E-state index in [1.807, 2.05) is 37.3 Å². The SMILES string of the molecule is CNC(=O)c1ccc(NCc2ccncc2)c(C)c1. The highest BCUT2D eigenvalue weighted by Crippen LogP contribution is 2.17. The first kappa shape index (κ1) is 13.1. The summed E-state index contributed by atoms with van der Waals surface area (Å²) in [5, 5.41) is 5.97. The van der Waals surface area contributed by atoms with E-state index in [-0.39, 0.29) is 5.91 Å². The summed E-state index contributed by atoms with van der Waals surface area (Å²) in [6, 6.07) is 9.58. The van der Waals surface area contributed by atoms with Crippen molar-refractivity contribution in [1.29, 1.82) is 0 Å². The van der Waals surface area contributed by atoms with E-state index in [4.69, 9.17) is 0 Å². The molecule has 0 radical (unpaired) electrons. The van der Waals surface area contributed by atoms with Crippen LogP contribution in [0.4, 0.5) is 5.69 Å². The number of amides is 1. The van der Waals surface area contributed by atoms with Crippen LogP contribution in [0.1, 0.15) is 21.5 Å². The van der Waals surface area contributed by atoms with Crippen LogP contribution in [0.15, 0.2) is 42.7 Å². The number of carbonyl (C=O) groups excluding carboxylic acids is 1. The fraction of sp³-hybridized carbons (Fsp3) is 0.200. The number of nitrogens with one attached hydrogen (secondary N) is 2. The van der Waals surface area contributed by atoms with Gasteiger partial charge in [-0.05, 0) is 48.4 Å². The molecule has 0 fully saturated rings. The van der Waals surface area contributed by atoms with Gasteiger partial charge in [0.25, 0.3) is 5.91 Å². The zero-order valence-corrected chi connectivity index (χ0v) is 11.1. The molecule has 1 heterocycles. The number of aromatic nitrogens is 1. The van der Waals surface area contributed by atoms with E-state index >= 15 is 0 Å². The first-order valence-electron chi connectivity index (χ1n) is 6.16. The van der Waals surface area contributed by atoms with Crippen LogP contribution >= 0.6 is 0 Å². The molecule has 4 heteroatoms. The fourth-order valence-electron chi connectivity index (χ4n) is 1.85. The van der Waals surface area contributed by atoms with Crippen molar-refractivity contribution in [1.82, 2.24) is 10.3 Å². The van der Waals surface area contributed by atoms with Crippen LogP contribution in [-0.4, -0.2) is 17.9 Å². The van der Waals surface area contributed by atoms with Crippen LogP contribution in [0.3, 0.4) is 0 Å². The number of anilines is 1. The van der Waals surface area contributed by atoms with E-state index in [0.717, 1.165) is 17.8 Å². The molecule has 0 saturated carbocycles. The zero-order chi connectivity index (χ0) is 13.7. The highest BCUT2D eigenvalue weighted by Gasteiger charge is 2.05. The largest absolute Gasteiger partial charge is 0.381 e. The summed E-state index contributed by atoms with van der Waals surface area (Å²) in [5.41, 5.74) is 3.93. The van der Waals surface area contributed by atoms with Crippen LogP contribution in [0, 0.1) is 6.92 Å². The van der Waals surface area contributed by atoms with Gasteiger partial charge >= 0.3 is 0 Å². The normalized spacial score (nSPS) is 10.0. The molecule has 0 aliphatic rings. The van der Waals surface area contributed by atoms with Gasteiger partial charge in [0, 0.05) is 37.2 Å².